The van der Waals surface area contributed by atoms with Gasteiger partial charge in [-0.2, -0.15) is 0 Å². The van der Waals surface area contributed by atoms with Crippen LogP contribution in [0.3, 0.4) is 0 Å². The molecule has 0 radical (unpaired) electrons. The number of nitrogens with one attached hydrogen (secondary N) is 2. The summed E-state index contributed by atoms with van der Waals surface area (Å²) >= 11 is 0. The summed E-state index contributed by atoms with van der Waals surface area (Å²) in [5.41, 5.74) is 3.64. The SMILES string of the molecule is Cc1cccc(NC(=O)NN2CCOCC2)c1C(=O)O. The van der Waals surface area contributed by atoms with Gasteiger partial charge in [-0.3, -0.25) is 5.43 Å². The molecule has 7 heteroatoms. The molecule has 1 aliphatic heterocycles. The number of rotatable bonds is 3. The number of hydrogen-bond donors (Lipinski definition) is 3. The van der Waals surface area contributed by atoms with Crippen molar-refractivity contribution in [2.45, 2.75) is 6.92 Å². The van der Waals surface area contributed by atoms with E-state index in [1.165, 1.54) is 0 Å². The number of amides is 2. The summed E-state index contributed by atoms with van der Waals surface area (Å²) in [5, 5.41) is 13.5. The zero-order valence-electron chi connectivity index (χ0n) is 11.2. The normalized spacial score (nSPS) is 15.7. The Balaban J connectivity index is 2.04. The predicted molar refractivity (Wildman–Crippen MR) is 72.7 cm³/mol. The highest BCUT2D eigenvalue weighted by molar-refractivity contribution is 6.01. The standard InChI is InChI=1S/C13H17N3O4/c1-9-3-2-4-10(11(9)12(17)18)14-13(19)15-16-5-7-20-8-6-16/h2-4H,5-8H2,1H3,(H,17,18)(H2,14,15,19). The first kappa shape index (κ1) is 14.3. The summed E-state index contributed by atoms with van der Waals surface area (Å²) in [6.07, 6.45) is 0. The van der Waals surface area contributed by atoms with Crippen molar-refractivity contribution in [2.24, 2.45) is 0 Å². The van der Waals surface area contributed by atoms with E-state index in [2.05, 4.69) is 10.7 Å². The molecule has 0 aromatic heterocycles. The number of carboxylic acid groups (broad SMARTS) is 1. The number of benzene rings is 1. The number of hydrazine groups is 1. The number of carbonyl (C=O) groups excluding carboxylic acids is 1. The Labute approximate surface area is 116 Å². The Morgan fingerprint density at radius 2 is 2.00 bits per heavy atom. The van der Waals surface area contributed by atoms with E-state index in [-0.39, 0.29) is 11.3 Å². The number of aryl methyl sites for hydroxylation is 1. The number of carboxylic acids is 1. The van der Waals surface area contributed by atoms with Gasteiger partial charge >= 0.3 is 12.0 Å². The second-order valence-corrected chi connectivity index (χ2v) is 4.47. The summed E-state index contributed by atoms with van der Waals surface area (Å²) in [6, 6.07) is 4.50. The quantitative estimate of drug-likeness (QED) is 0.769. The predicted octanol–water partition coefficient (Wildman–Crippen LogP) is 1.06. The van der Waals surface area contributed by atoms with Crippen molar-refractivity contribution in [2.75, 3.05) is 31.6 Å². The third-order valence-corrected chi connectivity index (χ3v) is 3.01. The molecule has 0 spiro atoms. The van der Waals surface area contributed by atoms with E-state index in [1.54, 1.807) is 30.1 Å². The number of morpholine rings is 1. The molecule has 1 aromatic carbocycles. The number of anilines is 1. The molecule has 1 heterocycles. The highest BCUT2D eigenvalue weighted by Gasteiger charge is 2.17. The lowest BCUT2D eigenvalue weighted by Crippen LogP contribution is -2.49. The summed E-state index contributed by atoms with van der Waals surface area (Å²) < 4.78 is 5.17. The summed E-state index contributed by atoms with van der Waals surface area (Å²) in [7, 11) is 0. The number of carbonyl (C=O) groups is 2. The summed E-state index contributed by atoms with van der Waals surface area (Å²) in [5.74, 6) is -1.07. The van der Waals surface area contributed by atoms with Gasteiger partial charge in [-0.15, -0.1) is 0 Å². The molecule has 0 bridgehead atoms. The van der Waals surface area contributed by atoms with Crippen molar-refractivity contribution in [3.05, 3.63) is 29.3 Å². The Morgan fingerprint density at radius 1 is 1.30 bits per heavy atom. The second-order valence-electron chi connectivity index (χ2n) is 4.47. The summed E-state index contributed by atoms with van der Waals surface area (Å²) in [4.78, 5) is 23.1. The van der Waals surface area contributed by atoms with E-state index < -0.39 is 12.0 Å². The van der Waals surface area contributed by atoms with E-state index in [0.29, 0.717) is 31.9 Å². The van der Waals surface area contributed by atoms with Gasteiger partial charge in [-0.1, -0.05) is 12.1 Å². The maximum atomic E-state index is 11.9. The lowest BCUT2D eigenvalue weighted by Gasteiger charge is -2.27. The average molecular weight is 279 g/mol. The number of nitrogens with zero attached hydrogens (tertiary/aromatic N) is 1. The van der Waals surface area contributed by atoms with Crippen LogP contribution in [0.4, 0.5) is 10.5 Å². The van der Waals surface area contributed by atoms with Gasteiger partial charge in [0.2, 0.25) is 0 Å². The molecule has 108 valence electrons. The van der Waals surface area contributed by atoms with Gasteiger partial charge in [-0.25, -0.2) is 14.6 Å². The van der Waals surface area contributed by atoms with E-state index in [4.69, 9.17) is 4.74 Å². The van der Waals surface area contributed by atoms with Crippen molar-refractivity contribution in [3.8, 4) is 0 Å². The molecular weight excluding hydrogens is 262 g/mol. The van der Waals surface area contributed by atoms with Gasteiger partial charge < -0.3 is 15.2 Å². The fourth-order valence-corrected chi connectivity index (χ4v) is 2.02. The smallest absolute Gasteiger partial charge is 0.338 e. The molecule has 7 nitrogen and oxygen atoms in total. The number of urea groups is 1. The zero-order chi connectivity index (χ0) is 14.5. The van der Waals surface area contributed by atoms with E-state index in [9.17, 15) is 14.7 Å². The van der Waals surface area contributed by atoms with Crippen LogP contribution in [0.15, 0.2) is 18.2 Å². The molecule has 0 unspecified atom stereocenters. The van der Waals surface area contributed by atoms with E-state index in [1.807, 2.05) is 0 Å². The second kappa shape index (κ2) is 6.36. The minimum absolute atomic E-state index is 0.102. The van der Waals surface area contributed by atoms with Gasteiger partial charge in [0.25, 0.3) is 0 Å². The van der Waals surface area contributed by atoms with Gasteiger partial charge in [0.05, 0.1) is 24.5 Å². The Morgan fingerprint density at radius 3 is 2.65 bits per heavy atom. The highest BCUT2D eigenvalue weighted by atomic mass is 16.5. The number of aromatic carboxylic acids is 1. The first-order valence-corrected chi connectivity index (χ1v) is 6.31. The fourth-order valence-electron chi connectivity index (χ4n) is 2.02. The van der Waals surface area contributed by atoms with E-state index >= 15 is 0 Å². The van der Waals surface area contributed by atoms with Crippen molar-refractivity contribution in [1.29, 1.82) is 0 Å². The van der Waals surface area contributed by atoms with Crippen LogP contribution < -0.4 is 10.7 Å². The maximum Gasteiger partial charge on any atom is 0.338 e. The molecule has 0 aliphatic carbocycles. The van der Waals surface area contributed by atoms with Crippen LogP contribution in [0.5, 0.6) is 0 Å². The zero-order valence-corrected chi connectivity index (χ0v) is 11.2. The Hall–Kier alpha value is -2.12. The van der Waals surface area contributed by atoms with Crippen LogP contribution >= 0.6 is 0 Å². The van der Waals surface area contributed by atoms with Crippen LogP contribution in [-0.4, -0.2) is 48.4 Å². The monoisotopic (exact) mass is 279 g/mol. The molecule has 2 rings (SSSR count). The molecule has 3 N–H and O–H groups in total. The van der Waals surface area contributed by atoms with Crippen LogP contribution in [0, 0.1) is 6.92 Å². The minimum atomic E-state index is -1.07. The van der Waals surface area contributed by atoms with Gasteiger partial charge in [-0.05, 0) is 18.6 Å². The first-order valence-electron chi connectivity index (χ1n) is 6.31. The lowest BCUT2D eigenvalue weighted by molar-refractivity contribution is 0.0207. The largest absolute Gasteiger partial charge is 0.478 e. The van der Waals surface area contributed by atoms with Crippen LogP contribution in [0.25, 0.3) is 0 Å². The highest BCUT2D eigenvalue weighted by Crippen LogP contribution is 2.19. The minimum Gasteiger partial charge on any atom is -0.478 e. The van der Waals surface area contributed by atoms with Crippen molar-refractivity contribution in [1.82, 2.24) is 10.4 Å². The van der Waals surface area contributed by atoms with E-state index in [0.717, 1.165) is 0 Å². The third-order valence-electron chi connectivity index (χ3n) is 3.01. The molecular formula is C13H17N3O4. The topological polar surface area (TPSA) is 90.9 Å². The molecule has 1 aliphatic rings. The average Bonchev–Trinajstić information content (AvgIpc) is 2.39. The van der Waals surface area contributed by atoms with Crippen molar-refractivity contribution in [3.63, 3.8) is 0 Å². The van der Waals surface area contributed by atoms with Crippen LogP contribution in [0.2, 0.25) is 0 Å². The Bertz CT molecular complexity index is 512. The number of ether oxygens (including phenoxy) is 1. The summed E-state index contributed by atoms with van der Waals surface area (Å²) in [6.45, 7) is 4.02. The van der Waals surface area contributed by atoms with Gasteiger partial charge in [0.15, 0.2) is 0 Å². The maximum absolute atomic E-state index is 11.9. The van der Waals surface area contributed by atoms with Crippen LogP contribution in [-0.2, 0) is 4.74 Å². The molecule has 1 saturated heterocycles. The molecule has 0 atom stereocenters. The fraction of sp³-hybridized carbons (Fsp3) is 0.385. The molecule has 20 heavy (non-hydrogen) atoms. The molecule has 1 aromatic rings. The molecule has 2 amide bonds. The van der Waals surface area contributed by atoms with Gasteiger partial charge in [0, 0.05) is 13.1 Å². The number of hydrogen-bond acceptors (Lipinski definition) is 4. The third kappa shape index (κ3) is 3.46. The van der Waals surface area contributed by atoms with Crippen molar-refractivity contribution < 1.29 is 19.4 Å². The Kier molecular flexibility index (Phi) is 4.54. The first-order chi connectivity index (χ1) is 9.58. The molecule has 1 fully saturated rings. The van der Waals surface area contributed by atoms with Crippen molar-refractivity contribution >= 4 is 17.7 Å². The van der Waals surface area contributed by atoms with Gasteiger partial charge in [0.1, 0.15) is 0 Å². The lowest BCUT2D eigenvalue weighted by atomic mass is 10.1. The van der Waals surface area contributed by atoms with Crippen LogP contribution in [0.1, 0.15) is 15.9 Å². The molecule has 0 saturated carbocycles.